The molecule has 0 aliphatic rings. The van der Waals surface area contributed by atoms with Gasteiger partial charge in [-0.25, -0.2) is 4.74 Å². The zero-order chi connectivity index (χ0) is 13.7. The largest absolute Gasteiger partial charge is 0.624 e. The first kappa shape index (κ1) is 13.1. The molecule has 0 bridgehead atoms. The van der Waals surface area contributed by atoms with Gasteiger partial charge in [-0.1, -0.05) is 36.9 Å². The van der Waals surface area contributed by atoms with E-state index in [2.05, 4.69) is 6.58 Å². The Morgan fingerprint density at radius 2 is 2.00 bits per heavy atom. The molecule has 1 atom stereocenters. The number of hydroxylamine groups is 1. The maximum atomic E-state index is 11.9. The third-order valence-corrected chi connectivity index (χ3v) is 3.02. The molecule has 1 heterocycles. The maximum Gasteiger partial charge on any atom is 0.178 e. The third-order valence-electron chi connectivity index (χ3n) is 3.02. The van der Waals surface area contributed by atoms with Crippen molar-refractivity contribution in [3.8, 4) is 0 Å². The maximum absolute atomic E-state index is 11.9. The van der Waals surface area contributed by atoms with Crippen LogP contribution in [0.4, 0.5) is 0 Å². The summed E-state index contributed by atoms with van der Waals surface area (Å²) >= 11 is 0. The summed E-state index contributed by atoms with van der Waals surface area (Å²) in [5, 5.41) is 11.9. The SMILES string of the molecule is C=Cc1cccn1[C@@H](C)/C=[N+](\[O-])Cc1ccccc1. The average Bonchev–Trinajstić information content (AvgIpc) is 2.88. The van der Waals surface area contributed by atoms with Gasteiger partial charge in [-0.05, 0) is 25.1 Å². The molecule has 0 saturated carbocycles. The fourth-order valence-electron chi connectivity index (χ4n) is 2.08. The first-order valence-corrected chi connectivity index (χ1v) is 6.32. The molecule has 0 spiro atoms. The Morgan fingerprint density at radius 1 is 1.26 bits per heavy atom. The lowest BCUT2D eigenvalue weighted by Crippen LogP contribution is -2.14. The van der Waals surface area contributed by atoms with Crippen molar-refractivity contribution in [1.29, 1.82) is 0 Å². The van der Waals surface area contributed by atoms with Crippen LogP contribution in [-0.4, -0.2) is 15.5 Å². The normalized spacial score (nSPS) is 13.2. The van der Waals surface area contributed by atoms with Gasteiger partial charge in [-0.2, -0.15) is 0 Å². The molecule has 3 nitrogen and oxygen atoms in total. The van der Waals surface area contributed by atoms with Gasteiger partial charge in [0.15, 0.2) is 12.8 Å². The van der Waals surface area contributed by atoms with Crippen LogP contribution in [0.15, 0.2) is 55.2 Å². The van der Waals surface area contributed by atoms with Crippen molar-refractivity contribution in [2.24, 2.45) is 0 Å². The van der Waals surface area contributed by atoms with Crippen molar-refractivity contribution < 1.29 is 4.74 Å². The molecule has 19 heavy (non-hydrogen) atoms. The van der Waals surface area contributed by atoms with Gasteiger partial charge in [-0.3, -0.25) is 0 Å². The molecule has 2 aromatic rings. The van der Waals surface area contributed by atoms with Crippen molar-refractivity contribution in [2.45, 2.75) is 19.5 Å². The first-order chi connectivity index (χ1) is 9.20. The van der Waals surface area contributed by atoms with Gasteiger partial charge in [0.2, 0.25) is 0 Å². The Hall–Kier alpha value is -2.29. The molecule has 0 amide bonds. The minimum absolute atomic E-state index is 0.00390. The van der Waals surface area contributed by atoms with Crippen LogP contribution >= 0.6 is 0 Å². The topological polar surface area (TPSA) is 31.0 Å². The molecule has 98 valence electrons. The highest BCUT2D eigenvalue weighted by molar-refractivity contribution is 5.58. The van der Waals surface area contributed by atoms with Gasteiger partial charge in [-0.15, -0.1) is 0 Å². The monoisotopic (exact) mass is 254 g/mol. The van der Waals surface area contributed by atoms with Crippen molar-refractivity contribution in [3.63, 3.8) is 0 Å². The first-order valence-electron chi connectivity index (χ1n) is 6.32. The van der Waals surface area contributed by atoms with Crippen LogP contribution in [0.1, 0.15) is 24.2 Å². The lowest BCUT2D eigenvalue weighted by atomic mass is 10.2. The summed E-state index contributed by atoms with van der Waals surface area (Å²) in [6.07, 6.45) is 5.42. The van der Waals surface area contributed by atoms with Crippen molar-refractivity contribution in [2.75, 3.05) is 0 Å². The van der Waals surface area contributed by atoms with E-state index in [-0.39, 0.29) is 6.04 Å². The van der Waals surface area contributed by atoms with E-state index in [1.807, 2.05) is 60.2 Å². The summed E-state index contributed by atoms with van der Waals surface area (Å²) < 4.78 is 3.00. The molecule has 2 rings (SSSR count). The number of benzene rings is 1. The molecule has 0 unspecified atom stereocenters. The zero-order valence-corrected chi connectivity index (χ0v) is 11.1. The van der Waals surface area contributed by atoms with Gasteiger partial charge < -0.3 is 9.77 Å². The minimum Gasteiger partial charge on any atom is -0.624 e. The van der Waals surface area contributed by atoms with Gasteiger partial charge in [0.25, 0.3) is 0 Å². The van der Waals surface area contributed by atoms with E-state index in [4.69, 9.17) is 0 Å². The van der Waals surface area contributed by atoms with Crippen molar-refractivity contribution in [1.82, 2.24) is 4.57 Å². The number of rotatable bonds is 5. The van der Waals surface area contributed by atoms with Crippen molar-refractivity contribution in [3.05, 3.63) is 71.7 Å². The van der Waals surface area contributed by atoms with E-state index in [1.165, 1.54) is 0 Å². The van der Waals surface area contributed by atoms with Gasteiger partial charge in [0, 0.05) is 17.5 Å². The Bertz CT molecular complexity index is 569. The Morgan fingerprint density at radius 3 is 2.68 bits per heavy atom. The molecule has 0 N–H and O–H groups in total. The highest BCUT2D eigenvalue weighted by Gasteiger charge is 2.08. The number of nitrogens with zero attached hydrogens (tertiary/aromatic N) is 2. The second-order valence-corrected chi connectivity index (χ2v) is 4.49. The zero-order valence-electron chi connectivity index (χ0n) is 11.1. The second-order valence-electron chi connectivity index (χ2n) is 4.49. The molecule has 1 aromatic heterocycles. The van der Waals surface area contributed by atoms with E-state index < -0.39 is 0 Å². The van der Waals surface area contributed by atoms with Crippen LogP contribution < -0.4 is 0 Å². The van der Waals surface area contributed by atoms with E-state index in [1.54, 1.807) is 12.3 Å². The minimum atomic E-state index is 0.00390. The van der Waals surface area contributed by atoms with Crippen molar-refractivity contribution >= 4 is 12.3 Å². The Kier molecular flexibility index (Phi) is 4.18. The lowest BCUT2D eigenvalue weighted by molar-refractivity contribution is -0.472. The van der Waals surface area contributed by atoms with E-state index >= 15 is 0 Å². The molecule has 0 saturated heterocycles. The molecule has 0 radical (unpaired) electrons. The fourth-order valence-corrected chi connectivity index (χ4v) is 2.08. The van der Waals surface area contributed by atoms with Gasteiger partial charge in [0.1, 0.15) is 6.04 Å². The average molecular weight is 254 g/mol. The summed E-state index contributed by atoms with van der Waals surface area (Å²) in [6, 6.07) is 13.7. The highest BCUT2D eigenvalue weighted by Crippen LogP contribution is 2.11. The Balaban J connectivity index is 2.10. The van der Waals surface area contributed by atoms with Crippen LogP contribution in [-0.2, 0) is 6.54 Å². The van der Waals surface area contributed by atoms with Crippen LogP contribution in [0.2, 0.25) is 0 Å². The fraction of sp³-hybridized carbons (Fsp3) is 0.188. The van der Waals surface area contributed by atoms with Gasteiger partial charge in [0.05, 0.1) is 0 Å². The van der Waals surface area contributed by atoms with Crippen LogP contribution in [0.25, 0.3) is 6.08 Å². The van der Waals surface area contributed by atoms with Crippen LogP contribution in [0.5, 0.6) is 0 Å². The molecule has 3 heteroatoms. The van der Waals surface area contributed by atoms with Gasteiger partial charge >= 0.3 is 0 Å². The molecular weight excluding hydrogens is 236 g/mol. The molecule has 1 aromatic carbocycles. The predicted molar refractivity (Wildman–Crippen MR) is 79.1 cm³/mol. The van der Waals surface area contributed by atoms with Crippen LogP contribution in [0.3, 0.4) is 0 Å². The lowest BCUT2D eigenvalue weighted by Gasteiger charge is -2.12. The third kappa shape index (κ3) is 3.35. The van der Waals surface area contributed by atoms with E-state index in [9.17, 15) is 5.21 Å². The standard InChI is InChI=1S/C16H18N2O/c1-3-16-10-7-11-18(16)14(2)12-17(19)13-15-8-5-4-6-9-15/h3-12,14H,1,13H2,2H3/b17-12-/t14-/m0/s1. The Labute approximate surface area is 113 Å². The molecule has 0 aliphatic heterocycles. The number of hydrogen-bond donors (Lipinski definition) is 0. The van der Waals surface area contributed by atoms with E-state index in [0.29, 0.717) is 6.54 Å². The summed E-state index contributed by atoms with van der Waals surface area (Å²) in [6.45, 7) is 6.13. The van der Waals surface area contributed by atoms with Crippen LogP contribution in [0, 0.1) is 5.21 Å². The smallest absolute Gasteiger partial charge is 0.178 e. The summed E-state index contributed by atoms with van der Waals surface area (Å²) in [4.78, 5) is 0. The number of aromatic nitrogens is 1. The molecule has 0 aliphatic carbocycles. The molecular formula is C16H18N2O. The summed E-state index contributed by atoms with van der Waals surface area (Å²) in [5.41, 5.74) is 2.02. The quantitative estimate of drug-likeness (QED) is 0.348. The summed E-state index contributed by atoms with van der Waals surface area (Å²) in [5.74, 6) is 0. The predicted octanol–water partition coefficient (Wildman–Crippen LogP) is 3.47. The second kappa shape index (κ2) is 6.05. The molecule has 0 fully saturated rings. The summed E-state index contributed by atoms with van der Waals surface area (Å²) in [7, 11) is 0. The highest BCUT2D eigenvalue weighted by atomic mass is 16.5. The number of hydrogen-bond acceptors (Lipinski definition) is 1. The van der Waals surface area contributed by atoms with E-state index in [0.717, 1.165) is 16.0 Å².